The molecule has 0 aliphatic heterocycles. The molecule has 0 aliphatic rings. The van der Waals surface area contributed by atoms with Crippen molar-refractivity contribution < 1.29 is 9.05 Å². The van der Waals surface area contributed by atoms with Gasteiger partial charge in [0.25, 0.3) is 0 Å². The van der Waals surface area contributed by atoms with E-state index in [0.717, 1.165) is 19.4 Å². The van der Waals surface area contributed by atoms with Gasteiger partial charge in [-0.25, -0.2) is 0 Å². The fourth-order valence-corrected chi connectivity index (χ4v) is 3.35. The molecule has 0 fully saturated rings. The maximum atomic E-state index is 5.95. The number of hydrogen-bond donors (Lipinski definition) is 0. The predicted octanol–water partition coefficient (Wildman–Crippen LogP) is 6.29. The van der Waals surface area contributed by atoms with E-state index < -0.39 is 8.38 Å². The van der Waals surface area contributed by atoms with Gasteiger partial charge in [0.05, 0.1) is 13.2 Å². The summed E-state index contributed by atoms with van der Waals surface area (Å²) in [7, 11) is -0.611. The number of unbranched alkanes of at least 4 members (excludes halogenated alkanes) is 7. The summed E-state index contributed by atoms with van der Waals surface area (Å²) >= 11 is 0. The van der Waals surface area contributed by atoms with Crippen LogP contribution in [0.3, 0.4) is 0 Å². The zero-order valence-electron chi connectivity index (χ0n) is 13.5. The van der Waals surface area contributed by atoms with Crippen molar-refractivity contribution in [2.75, 3.05) is 19.4 Å². The minimum atomic E-state index is -0.611. The summed E-state index contributed by atoms with van der Waals surface area (Å²) in [5.41, 5.74) is 0. The fourth-order valence-electron chi connectivity index (χ4n) is 1.87. The van der Waals surface area contributed by atoms with Crippen LogP contribution in [-0.2, 0) is 9.05 Å². The zero-order valence-corrected chi connectivity index (χ0v) is 14.4. The van der Waals surface area contributed by atoms with Gasteiger partial charge in [0.1, 0.15) is 0 Å². The van der Waals surface area contributed by atoms with Crippen molar-refractivity contribution >= 4 is 8.38 Å². The molecular formula is C16H35O2P. The Morgan fingerprint density at radius 2 is 1.05 bits per heavy atom. The molecule has 0 N–H and O–H groups in total. The number of rotatable bonds is 15. The van der Waals surface area contributed by atoms with Crippen molar-refractivity contribution in [3.05, 3.63) is 0 Å². The molecular weight excluding hydrogens is 255 g/mol. The van der Waals surface area contributed by atoms with Crippen molar-refractivity contribution in [3.8, 4) is 0 Å². The van der Waals surface area contributed by atoms with Crippen LogP contribution < -0.4 is 0 Å². The smallest absolute Gasteiger partial charge is 0.170 e. The average molecular weight is 290 g/mol. The van der Waals surface area contributed by atoms with E-state index in [1.165, 1.54) is 64.2 Å². The van der Waals surface area contributed by atoms with Crippen molar-refractivity contribution in [1.29, 1.82) is 0 Å². The maximum absolute atomic E-state index is 5.95. The van der Waals surface area contributed by atoms with E-state index in [-0.39, 0.29) is 0 Å². The molecule has 19 heavy (non-hydrogen) atoms. The van der Waals surface area contributed by atoms with Gasteiger partial charge >= 0.3 is 0 Å². The summed E-state index contributed by atoms with van der Waals surface area (Å²) in [5, 5.41) is 0. The van der Waals surface area contributed by atoms with Crippen molar-refractivity contribution in [2.24, 2.45) is 0 Å². The molecule has 0 heterocycles. The predicted molar refractivity (Wildman–Crippen MR) is 86.9 cm³/mol. The van der Waals surface area contributed by atoms with Crippen LogP contribution in [0.2, 0.25) is 0 Å². The Morgan fingerprint density at radius 1 is 0.579 bits per heavy atom. The van der Waals surface area contributed by atoms with Gasteiger partial charge in [0.15, 0.2) is 8.38 Å². The third-order valence-electron chi connectivity index (χ3n) is 3.16. The third kappa shape index (κ3) is 14.6. The molecule has 0 saturated carbocycles. The van der Waals surface area contributed by atoms with E-state index in [9.17, 15) is 0 Å². The maximum Gasteiger partial charge on any atom is 0.170 e. The summed E-state index contributed by atoms with van der Waals surface area (Å²) in [4.78, 5) is 0. The first-order valence-electron chi connectivity index (χ1n) is 8.38. The monoisotopic (exact) mass is 290 g/mol. The van der Waals surface area contributed by atoms with E-state index in [1.54, 1.807) is 0 Å². The Kier molecular flexibility index (Phi) is 16.7. The lowest BCUT2D eigenvalue weighted by molar-refractivity contribution is 0.240. The Bertz CT molecular complexity index is 136. The Labute approximate surface area is 122 Å². The summed E-state index contributed by atoms with van der Waals surface area (Å²) in [6.45, 7) is 8.50. The van der Waals surface area contributed by atoms with Gasteiger partial charge in [-0.1, -0.05) is 65.7 Å². The van der Waals surface area contributed by atoms with Crippen molar-refractivity contribution in [2.45, 2.75) is 85.0 Å². The second kappa shape index (κ2) is 16.4. The lowest BCUT2D eigenvalue weighted by Gasteiger charge is -2.17. The molecule has 116 valence electrons. The summed E-state index contributed by atoms with van der Waals surface area (Å²) < 4.78 is 11.9. The SMILES string of the molecule is CCCCCCP(OCCCCC)OCCCCC. The van der Waals surface area contributed by atoms with Crippen LogP contribution >= 0.6 is 8.38 Å². The molecule has 0 bridgehead atoms. The zero-order chi connectivity index (χ0) is 14.2. The highest BCUT2D eigenvalue weighted by molar-refractivity contribution is 7.47. The van der Waals surface area contributed by atoms with E-state index in [1.807, 2.05) is 0 Å². The molecule has 0 saturated heterocycles. The molecule has 0 spiro atoms. The highest BCUT2D eigenvalue weighted by Gasteiger charge is 2.09. The molecule has 0 unspecified atom stereocenters. The van der Waals surface area contributed by atoms with Gasteiger partial charge < -0.3 is 9.05 Å². The van der Waals surface area contributed by atoms with E-state index >= 15 is 0 Å². The Balaban J connectivity index is 3.66. The summed E-state index contributed by atoms with van der Waals surface area (Å²) in [5.74, 6) is 0. The molecule has 0 aromatic carbocycles. The average Bonchev–Trinajstić information content (AvgIpc) is 2.43. The molecule has 0 aliphatic carbocycles. The van der Waals surface area contributed by atoms with Gasteiger partial charge in [-0.3, -0.25) is 0 Å². The lowest BCUT2D eigenvalue weighted by atomic mass is 10.2. The molecule has 0 atom stereocenters. The highest BCUT2D eigenvalue weighted by atomic mass is 31.2. The lowest BCUT2D eigenvalue weighted by Crippen LogP contribution is -1.99. The first-order valence-corrected chi connectivity index (χ1v) is 9.74. The molecule has 0 aromatic rings. The van der Waals surface area contributed by atoms with Crippen LogP contribution in [-0.4, -0.2) is 19.4 Å². The third-order valence-corrected chi connectivity index (χ3v) is 4.78. The molecule has 0 aromatic heterocycles. The van der Waals surface area contributed by atoms with Crippen LogP contribution in [0.15, 0.2) is 0 Å². The fraction of sp³-hybridized carbons (Fsp3) is 1.00. The normalized spacial score (nSPS) is 11.4. The van der Waals surface area contributed by atoms with E-state index in [4.69, 9.17) is 9.05 Å². The van der Waals surface area contributed by atoms with Crippen LogP contribution in [0.1, 0.15) is 85.0 Å². The Hall–Kier alpha value is 0.350. The number of hydrogen-bond acceptors (Lipinski definition) is 2. The molecule has 0 rings (SSSR count). The highest BCUT2D eigenvalue weighted by Crippen LogP contribution is 2.40. The summed E-state index contributed by atoms with van der Waals surface area (Å²) in [6, 6.07) is 0. The van der Waals surface area contributed by atoms with Crippen molar-refractivity contribution in [1.82, 2.24) is 0 Å². The van der Waals surface area contributed by atoms with Gasteiger partial charge in [0.2, 0.25) is 0 Å². The topological polar surface area (TPSA) is 18.5 Å². The molecule has 3 heteroatoms. The molecule has 0 amide bonds. The first-order chi connectivity index (χ1) is 9.35. The summed E-state index contributed by atoms with van der Waals surface area (Å²) in [6.07, 6.45) is 13.8. The first kappa shape index (κ1) is 19.4. The standard InChI is InChI=1S/C16H35O2P/c1-4-7-10-13-16-19(17-14-11-8-5-2)18-15-12-9-6-3/h4-16H2,1-3H3. The minimum absolute atomic E-state index is 0.611. The van der Waals surface area contributed by atoms with E-state index in [2.05, 4.69) is 20.8 Å². The van der Waals surface area contributed by atoms with Gasteiger partial charge in [0, 0.05) is 6.16 Å². The van der Waals surface area contributed by atoms with Crippen LogP contribution in [0.5, 0.6) is 0 Å². The molecule has 0 radical (unpaired) electrons. The van der Waals surface area contributed by atoms with Gasteiger partial charge in [-0.15, -0.1) is 0 Å². The minimum Gasteiger partial charge on any atom is -0.334 e. The quantitative estimate of drug-likeness (QED) is 0.260. The second-order valence-corrected chi connectivity index (χ2v) is 6.83. The molecule has 2 nitrogen and oxygen atoms in total. The second-order valence-electron chi connectivity index (χ2n) is 5.20. The van der Waals surface area contributed by atoms with Crippen LogP contribution in [0, 0.1) is 0 Å². The largest absolute Gasteiger partial charge is 0.334 e. The van der Waals surface area contributed by atoms with E-state index in [0.29, 0.717) is 0 Å². The van der Waals surface area contributed by atoms with Crippen molar-refractivity contribution in [3.63, 3.8) is 0 Å². The van der Waals surface area contributed by atoms with Gasteiger partial charge in [-0.05, 0) is 19.3 Å². The van der Waals surface area contributed by atoms with Gasteiger partial charge in [-0.2, -0.15) is 0 Å². The van der Waals surface area contributed by atoms with Crippen LogP contribution in [0.25, 0.3) is 0 Å². The van der Waals surface area contributed by atoms with Crippen LogP contribution in [0.4, 0.5) is 0 Å². The Morgan fingerprint density at radius 3 is 1.53 bits per heavy atom.